The van der Waals surface area contributed by atoms with Gasteiger partial charge in [0.1, 0.15) is 0 Å². The van der Waals surface area contributed by atoms with Gasteiger partial charge >= 0.3 is 136 Å². The van der Waals surface area contributed by atoms with E-state index in [1.54, 1.807) is 0 Å². The molecule has 1 heterocycles. The molecule has 0 aromatic carbocycles. The Kier molecular flexibility index (Phi) is 7.25. The number of nitrogens with zero attached hydrogens (tertiary/aromatic N) is 1. The molecule has 1 aliphatic heterocycles. The first kappa shape index (κ1) is 18.7. The Balaban J connectivity index is 2.53. The van der Waals surface area contributed by atoms with Gasteiger partial charge in [-0.3, -0.25) is 0 Å². The van der Waals surface area contributed by atoms with E-state index in [-0.39, 0.29) is 39.8 Å². The molecule has 0 bridgehead atoms. The van der Waals surface area contributed by atoms with Crippen LogP contribution in [0.4, 0.5) is 0 Å². The van der Waals surface area contributed by atoms with Crippen LogP contribution in [-0.4, -0.2) is 55.3 Å². The second-order valence-corrected chi connectivity index (χ2v) is 9.77. The van der Waals surface area contributed by atoms with Gasteiger partial charge in [-0.1, -0.05) is 0 Å². The molecule has 1 fully saturated rings. The van der Waals surface area contributed by atoms with Crippen molar-refractivity contribution in [3.05, 3.63) is 0 Å². The van der Waals surface area contributed by atoms with E-state index in [4.69, 9.17) is 9.31 Å². The summed E-state index contributed by atoms with van der Waals surface area (Å²) in [5.74, 6) is 0.646. The second-order valence-electron chi connectivity index (χ2n) is 6.85. The van der Waals surface area contributed by atoms with Crippen LogP contribution in [0.15, 0.2) is 0 Å². The van der Waals surface area contributed by atoms with E-state index in [9.17, 15) is 0 Å². The van der Waals surface area contributed by atoms with Gasteiger partial charge in [0.15, 0.2) is 0 Å². The Morgan fingerprint density at radius 1 is 1.15 bits per heavy atom. The summed E-state index contributed by atoms with van der Waals surface area (Å²) < 4.78 is 16.9. The molecule has 1 aliphatic rings. The van der Waals surface area contributed by atoms with Crippen LogP contribution in [0.25, 0.3) is 0 Å². The first-order chi connectivity index (χ1) is 9.18. The molecule has 1 rings (SSSR count). The molecular weight excluding hydrogens is 366 g/mol. The predicted molar refractivity (Wildman–Crippen MR) is 81.5 cm³/mol. The molecule has 0 unspecified atom stereocenters. The molecule has 0 amide bonds. The third kappa shape index (κ3) is 5.44. The number of halogens is 1. The molecule has 1 saturated heterocycles. The van der Waals surface area contributed by atoms with E-state index in [1.165, 1.54) is 10.8 Å². The van der Waals surface area contributed by atoms with E-state index in [0.717, 1.165) is 12.9 Å². The summed E-state index contributed by atoms with van der Waals surface area (Å²) in [6.07, 6.45) is 2.26. The third-order valence-corrected chi connectivity index (χ3v) is 6.12. The fourth-order valence-corrected chi connectivity index (χ4v) is 4.17. The molecule has 120 valence electrons. The van der Waals surface area contributed by atoms with E-state index >= 15 is 0 Å². The van der Waals surface area contributed by atoms with E-state index < -0.39 is 0 Å². The first-order valence-corrected chi connectivity index (χ1v) is 10.0. The number of alkyl halides is 1. The second kappa shape index (κ2) is 7.76. The molecule has 1 atom stereocenters. The fraction of sp³-hybridized carbons (Fsp3) is 1.00. The Morgan fingerprint density at radius 3 is 2.15 bits per heavy atom. The third-order valence-electron chi connectivity index (χ3n) is 4.20. The van der Waals surface area contributed by atoms with Crippen molar-refractivity contribution < 1.29 is 30.8 Å². The monoisotopic (exact) mass is 397 g/mol. The number of hydrogen-bond donors (Lipinski definition) is 1. The van der Waals surface area contributed by atoms with Gasteiger partial charge in [0, 0.05) is 0 Å². The predicted octanol–water partition coefficient (Wildman–Crippen LogP) is -1.13. The van der Waals surface area contributed by atoms with Crippen molar-refractivity contribution in [3.63, 3.8) is 0 Å². The number of rotatable bonds is 8. The van der Waals surface area contributed by atoms with Crippen LogP contribution in [0.1, 0.15) is 34.1 Å². The van der Waals surface area contributed by atoms with Crippen LogP contribution in [-0.2, 0) is 9.31 Å². The molecule has 0 radical (unpaired) electrons. The molecule has 0 spiro atoms. The van der Waals surface area contributed by atoms with Crippen molar-refractivity contribution in [2.45, 2.75) is 51.6 Å². The van der Waals surface area contributed by atoms with Crippen molar-refractivity contribution in [2.24, 2.45) is 5.92 Å². The van der Waals surface area contributed by atoms with E-state index in [2.05, 4.69) is 57.3 Å². The van der Waals surface area contributed by atoms with Crippen LogP contribution in [0.3, 0.4) is 0 Å². The molecule has 0 aliphatic carbocycles. The van der Waals surface area contributed by atoms with Crippen LogP contribution in [0, 0.1) is 5.92 Å². The zero-order valence-corrected chi connectivity index (χ0v) is 16.3. The van der Waals surface area contributed by atoms with Gasteiger partial charge in [0.25, 0.3) is 0 Å². The van der Waals surface area contributed by atoms with Gasteiger partial charge in [-0.15, -0.1) is 0 Å². The van der Waals surface area contributed by atoms with E-state index in [1.807, 2.05) is 0 Å². The first-order valence-electron chi connectivity index (χ1n) is 7.43. The van der Waals surface area contributed by atoms with Crippen LogP contribution in [0.5, 0.6) is 0 Å². The van der Waals surface area contributed by atoms with Crippen molar-refractivity contribution in [3.8, 4) is 0 Å². The Morgan fingerprint density at radius 2 is 1.70 bits per heavy atom. The Bertz CT molecular complexity index is 285. The normalized spacial score (nSPS) is 22.7. The Labute approximate surface area is 136 Å². The van der Waals surface area contributed by atoms with Gasteiger partial charge < -0.3 is 0 Å². The number of nitrogens with one attached hydrogen (secondary N) is 1. The summed E-state index contributed by atoms with van der Waals surface area (Å²) in [5, 5.41) is 0. The SMILES string of the molecule is CN[I-]CC[C@H](CB1OC(C)(C)C(C)(C)O1)CN(C)C. The molecular formula is C14H31BIN2O2-. The fourth-order valence-electron chi connectivity index (χ4n) is 2.44. The molecule has 0 aromatic heterocycles. The van der Waals surface area contributed by atoms with Crippen molar-refractivity contribution in [2.75, 3.05) is 32.1 Å². The van der Waals surface area contributed by atoms with Gasteiger partial charge in [-0.05, 0) is 0 Å². The minimum atomic E-state index is -0.210. The summed E-state index contributed by atoms with van der Waals surface area (Å²) in [6.45, 7) is 9.61. The molecule has 0 saturated carbocycles. The minimum absolute atomic E-state index is 0.0577. The van der Waals surface area contributed by atoms with Crippen LogP contribution >= 0.6 is 0 Å². The average molecular weight is 397 g/mol. The zero-order valence-electron chi connectivity index (χ0n) is 14.1. The van der Waals surface area contributed by atoms with Gasteiger partial charge in [0.05, 0.1) is 0 Å². The van der Waals surface area contributed by atoms with Crippen molar-refractivity contribution in [1.82, 2.24) is 8.43 Å². The zero-order chi connectivity index (χ0) is 15.4. The maximum atomic E-state index is 6.14. The maximum absolute atomic E-state index is 6.14. The van der Waals surface area contributed by atoms with Gasteiger partial charge in [0.2, 0.25) is 0 Å². The summed E-state index contributed by atoms with van der Waals surface area (Å²) >= 11 is 0.160. The summed E-state index contributed by atoms with van der Waals surface area (Å²) in [7, 11) is 6.29. The van der Waals surface area contributed by atoms with Gasteiger partial charge in [-0.2, -0.15) is 0 Å². The van der Waals surface area contributed by atoms with Crippen LogP contribution < -0.4 is 25.0 Å². The van der Waals surface area contributed by atoms with Crippen molar-refractivity contribution >= 4 is 7.12 Å². The van der Waals surface area contributed by atoms with Gasteiger partial charge in [-0.25, -0.2) is 0 Å². The summed E-state index contributed by atoms with van der Waals surface area (Å²) in [5.41, 5.74) is -0.420. The quantitative estimate of drug-likeness (QED) is 0.185. The topological polar surface area (TPSA) is 33.7 Å². The molecule has 1 N–H and O–H groups in total. The number of hydrogen-bond acceptors (Lipinski definition) is 4. The summed E-state index contributed by atoms with van der Waals surface area (Å²) in [4.78, 5) is 2.27. The van der Waals surface area contributed by atoms with E-state index in [0.29, 0.717) is 5.92 Å². The average Bonchev–Trinajstić information content (AvgIpc) is 2.46. The van der Waals surface area contributed by atoms with Crippen LogP contribution in [0.2, 0.25) is 6.32 Å². The Hall–Kier alpha value is 0.635. The summed E-state index contributed by atoms with van der Waals surface area (Å²) in [6, 6.07) is 0. The van der Waals surface area contributed by atoms with Crippen molar-refractivity contribution in [1.29, 1.82) is 0 Å². The molecule has 4 nitrogen and oxygen atoms in total. The standard InChI is InChI=1S/C14H31BIN2O2/c1-13(2)14(3,4)20-15(19-13)10-12(11-18(6)7)8-9-16-17-5/h12,17H,8-11H2,1-7H3/q-1/t12-/m1/s1. The molecule has 6 heteroatoms. The molecule has 0 aromatic rings. The molecule has 20 heavy (non-hydrogen) atoms.